The molecule has 0 aliphatic heterocycles. The van der Waals surface area contributed by atoms with E-state index in [0.717, 1.165) is 16.7 Å². The van der Waals surface area contributed by atoms with Gasteiger partial charge >= 0.3 is 0 Å². The smallest absolute Gasteiger partial charge is 0.229 e. The van der Waals surface area contributed by atoms with Crippen molar-refractivity contribution in [3.8, 4) is 22.6 Å². The molecule has 0 bridgehead atoms. The van der Waals surface area contributed by atoms with E-state index in [9.17, 15) is 9.90 Å². The van der Waals surface area contributed by atoms with Crippen LogP contribution in [-0.4, -0.2) is 18.1 Å². The number of carbonyl (C=O) groups excluding carboxylic acids is 1. The molecular formula is C21H19NO3. The molecule has 4 heteroatoms. The summed E-state index contributed by atoms with van der Waals surface area (Å²) in [5, 5.41) is 9.78. The van der Waals surface area contributed by atoms with Crippen molar-refractivity contribution in [1.82, 2.24) is 0 Å². The molecule has 0 aromatic heterocycles. The normalized spacial score (nSPS) is 11.7. The molecule has 1 unspecified atom stereocenters. The Morgan fingerprint density at radius 1 is 0.920 bits per heavy atom. The summed E-state index contributed by atoms with van der Waals surface area (Å²) in [5.74, 6) is -0.758. The average molecular weight is 333 g/mol. The molecule has 0 radical (unpaired) electrons. The maximum Gasteiger partial charge on any atom is 0.229 e. The lowest BCUT2D eigenvalue weighted by Crippen LogP contribution is -2.22. The van der Waals surface area contributed by atoms with Crippen LogP contribution in [0.3, 0.4) is 0 Å². The second-order valence-electron chi connectivity index (χ2n) is 5.76. The Hall–Kier alpha value is -3.27. The molecule has 126 valence electrons. The predicted octanol–water partition coefficient (Wildman–Crippen LogP) is 3.69. The molecule has 3 rings (SSSR count). The highest BCUT2D eigenvalue weighted by molar-refractivity contribution is 5.86. The van der Waals surface area contributed by atoms with Crippen molar-refractivity contribution >= 4 is 5.91 Å². The van der Waals surface area contributed by atoms with Crippen LogP contribution < -0.4 is 10.5 Å². The van der Waals surface area contributed by atoms with Crippen molar-refractivity contribution in [2.75, 3.05) is 7.11 Å². The molecule has 0 saturated heterocycles. The van der Waals surface area contributed by atoms with E-state index in [1.165, 1.54) is 13.2 Å². The first-order valence-corrected chi connectivity index (χ1v) is 7.91. The summed E-state index contributed by atoms with van der Waals surface area (Å²) >= 11 is 0. The topological polar surface area (TPSA) is 72.5 Å². The van der Waals surface area contributed by atoms with Gasteiger partial charge in [-0.1, -0.05) is 60.7 Å². The Kier molecular flexibility index (Phi) is 4.70. The van der Waals surface area contributed by atoms with Crippen LogP contribution in [0.15, 0.2) is 72.8 Å². The molecule has 3 aromatic rings. The summed E-state index contributed by atoms with van der Waals surface area (Å²) in [6, 6.07) is 22.5. The number of methoxy groups -OCH3 is 1. The fourth-order valence-electron chi connectivity index (χ4n) is 2.92. The second-order valence-corrected chi connectivity index (χ2v) is 5.76. The number of benzene rings is 3. The van der Waals surface area contributed by atoms with Gasteiger partial charge in [-0.2, -0.15) is 0 Å². The predicted molar refractivity (Wildman–Crippen MR) is 97.6 cm³/mol. The molecule has 4 nitrogen and oxygen atoms in total. The Bertz CT molecular complexity index is 891. The summed E-state index contributed by atoms with van der Waals surface area (Å²) in [6.45, 7) is 0. The van der Waals surface area contributed by atoms with E-state index in [2.05, 4.69) is 0 Å². The van der Waals surface area contributed by atoms with Gasteiger partial charge in [-0.05, 0) is 34.4 Å². The highest BCUT2D eigenvalue weighted by Gasteiger charge is 2.22. The maximum atomic E-state index is 12.2. The van der Waals surface area contributed by atoms with E-state index >= 15 is 0 Å². The van der Waals surface area contributed by atoms with E-state index in [-0.39, 0.29) is 5.75 Å². The first-order valence-electron chi connectivity index (χ1n) is 7.91. The number of phenolic OH excluding ortho intramolecular Hbond substituents is 1. The minimum Gasteiger partial charge on any atom is -0.504 e. The van der Waals surface area contributed by atoms with Crippen molar-refractivity contribution in [3.63, 3.8) is 0 Å². The first-order chi connectivity index (χ1) is 12.1. The number of nitrogens with two attached hydrogens (primary N) is 1. The average Bonchev–Trinajstić information content (AvgIpc) is 2.64. The Labute approximate surface area is 146 Å². The number of amides is 1. The molecule has 1 atom stereocenters. The zero-order valence-electron chi connectivity index (χ0n) is 13.8. The van der Waals surface area contributed by atoms with Gasteiger partial charge in [0, 0.05) is 0 Å². The van der Waals surface area contributed by atoms with Gasteiger partial charge in [-0.25, -0.2) is 0 Å². The van der Waals surface area contributed by atoms with Gasteiger partial charge in [-0.15, -0.1) is 0 Å². The lowest BCUT2D eigenvalue weighted by Gasteiger charge is -2.17. The molecule has 3 aromatic carbocycles. The molecule has 3 N–H and O–H groups in total. The minimum absolute atomic E-state index is 0.0208. The third kappa shape index (κ3) is 3.48. The van der Waals surface area contributed by atoms with Crippen LogP contribution in [0.5, 0.6) is 11.5 Å². The number of carbonyl (C=O) groups is 1. The van der Waals surface area contributed by atoms with Crippen molar-refractivity contribution in [2.24, 2.45) is 5.73 Å². The van der Waals surface area contributed by atoms with E-state index in [1.54, 1.807) is 12.1 Å². The number of phenols is 1. The summed E-state index contributed by atoms with van der Waals surface area (Å²) in [5.41, 5.74) is 9.22. The standard InChI is InChI=1S/C21H19NO3/c1-25-19-13-17(10-11-18(19)23)20(21(22)24)16-9-5-8-15(12-16)14-6-3-2-4-7-14/h2-13,20,23H,1H3,(H2,22,24). The highest BCUT2D eigenvalue weighted by atomic mass is 16.5. The number of ether oxygens (including phenoxy) is 1. The third-order valence-electron chi connectivity index (χ3n) is 4.15. The van der Waals surface area contributed by atoms with Crippen molar-refractivity contribution in [2.45, 2.75) is 5.92 Å². The van der Waals surface area contributed by atoms with Crippen molar-refractivity contribution < 1.29 is 14.6 Å². The zero-order valence-corrected chi connectivity index (χ0v) is 13.8. The van der Waals surface area contributed by atoms with E-state index in [0.29, 0.717) is 11.3 Å². The third-order valence-corrected chi connectivity index (χ3v) is 4.15. The second kappa shape index (κ2) is 7.09. The number of aromatic hydroxyl groups is 1. The van der Waals surface area contributed by atoms with Crippen LogP contribution in [-0.2, 0) is 4.79 Å². The molecule has 0 aliphatic carbocycles. The Morgan fingerprint density at radius 2 is 1.60 bits per heavy atom. The van der Waals surface area contributed by atoms with Crippen LogP contribution in [0.1, 0.15) is 17.0 Å². The molecule has 0 fully saturated rings. The fourth-order valence-corrected chi connectivity index (χ4v) is 2.92. The SMILES string of the molecule is COc1cc(C(C(N)=O)c2cccc(-c3ccccc3)c2)ccc1O. The molecule has 0 aliphatic rings. The quantitative estimate of drug-likeness (QED) is 0.748. The van der Waals surface area contributed by atoms with E-state index in [1.807, 2.05) is 54.6 Å². The monoisotopic (exact) mass is 333 g/mol. The van der Waals surface area contributed by atoms with Gasteiger partial charge in [0.25, 0.3) is 0 Å². The lowest BCUT2D eigenvalue weighted by atomic mass is 9.88. The van der Waals surface area contributed by atoms with Crippen LogP contribution >= 0.6 is 0 Å². The Morgan fingerprint density at radius 3 is 2.28 bits per heavy atom. The maximum absolute atomic E-state index is 12.2. The zero-order chi connectivity index (χ0) is 17.8. The van der Waals surface area contributed by atoms with Gasteiger partial charge in [0.1, 0.15) is 0 Å². The number of primary amides is 1. The van der Waals surface area contributed by atoms with Crippen LogP contribution in [0, 0.1) is 0 Å². The molecule has 1 amide bonds. The molecular weight excluding hydrogens is 314 g/mol. The minimum atomic E-state index is -0.627. The summed E-state index contributed by atoms with van der Waals surface area (Å²) in [6.07, 6.45) is 0. The van der Waals surface area contributed by atoms with E-state index in [4.69, 9.17) is 10.5 Å². The highest BCUT2D eigenvalue weighted by Crippen LogP contribution is 2.33. The number of hydrogen-bond donors (Lipinski definition) is 2. The summed E-state index contributed by atoms with van der Waals surface area (Å²) < 4.78 is 5.14. The van der Waals surface area contributed by atoms with Gasteiger partial charge in [0.2, 0.25) is 5.91 Å². The molecule has 0 saturated carbocycles. The first kappa shape index (κ1) is 16.6. The largest absolute Gasteiger partial charge is 0.504 e. The number of hydrogen-bond acceptors (Lipinski definition) is 3. The van der Waals surface area contributed by atoms with Crippen LogP contribution in [0.4, 0.5) is 0 Å². The van der Waals surface area contributed by atoms with Gasteiger partial charge < -0.3 is 15.6 Å². The molecule has 0 heterocycles. The summed E-state index contributed by atoms with van der Waals surface area (Å²) in [7, 11) is 1.47. The van der Waals surface area contributed by atoms with Crippen LogP contribution in [0.25, 0.3) is 11.1 Å². The number of rotatable bonds is 5. The summed E-state index contributed by atoms with van der Waals surface area (Å²) in [4.78, 5) is 12.2. The Balaban J connectivity index is 2.06. The van der Waals surface area contributed by atoms with Crippen LogP contribution in [0.2, 0.25) is 0 Å². The lowest BCUT2D eigenvalue weighted by molar-refractivity contribution is -0.118. The van der Waals surface area contributed by atoms with Gasteiger partial charge in [-0.3, -0.25) is 4.79 Å². The molecule has 25 heavy (non-hydrogen) atoms. The van der Waals surface area contributed by atoms with Gasteiger partial charge in [0.05, 0.1) is 13.0 Å². The fraction of sp³-hybridized carbons (Fsp3) is 0.0952. The molecule has 0 spiro atoms. The van der Waals surface area contributed by atoms with E-state index < -0.39 is 11.8 Å². The van der Waals surface area contributed by atoms with Gasteiger partial charge in [0.15, 0.2) is 11.5 Å². The van der Waals surface area contributed by atoms with Crippen molar-refractivity contribution in [1.29, 1.82) is 0 Å². The van der Waals surface area contributed by atoms with Crippen molar-refractivity contribution in [3.05, 3.63) is 83.9 Å².